The fourth-order valence-corrected chi connectivity index (χ4v) is 7.32. The van der Waals surface area contributed by atoms with Crippen LogP contribution in [-0.4, -0.2) is 50.7 Å². The van der Waals surface area contributed by atoms with Gasteiger partial charge in [-0.15, -0.1) is 0 Å². The summed E-state index contributed by atoms with van der Waals surface area (Å²) in [6, 6.07) is 15.2. The summed E-state index contributed by atoms with van der Waals surface area (Å²) < 4.78 is 4.39. The lowest BCUT2D eigenvalue weighted by molar-refractivity contribution is -0.127. The lowest BCUT2D eigenvalue weighted by Gasteiger charge is -2.33. The molecule has 0 saturated heterocycles. The van der Waals surface area contributed by atoms with Gasteiger partial charge in [0, 0.05) is 45.2 Å². The first-order chi connectivity index (χ1) is 18.0. The molecule has 3 aliphatic rings. The quantitative estimate of drug-likeness (QED) is 0.287. The molecule has 5 aromatic rings. The highest BCUT2D eigenvalue weighted by Crippen LogP contribution is 2.55. The summed E-state index contributed by atoms with van der Waals surface area (Å²) in [5.41, 5.74) is 10.1. The molecule has 2 aliphatic heterocycles. The Balaban J connectivity index is 1.63. The van der Waals surface area contributed by atoms with E-state index in [-0.39, 0.29) is 31.0 Å². The highest BCUT2D eigenvalue weighted by Gasteiger charge is 2.54. The number of hydrogen-bond acceptors (Lipinski definition) is 5. The monoisotopic (exact) mass is 493 g/mol. The zero-order chi connectivity index (χ0) is 25.2. The Bertz CT molecular complexity index is 1900. The molecular formula is C28H23N5O4. The minimum absolute atomic E-state index is 0.0997. The molecule has 2 unspecified atom stereocenters. The number of fused-ring (bicyclic) bond motifs is 13. The Morgan fingerprint density at radius 1 is 0.973 bits per heavy atom. The van der Waals surface area contributed by atoms with E-state index in [9.17, 15) is 19.5 Å². The third-order valence-electron chi connectivity index (χ3n) is 8.64. The number of nitrogens with one attached hydrogen (secondary N) is 2. The van der Waals surface area contributed by atoms with Crippen LogP contribution < -0.4 is 16.4 Å². The normalized spacial score (nSPS) is 23.9. The molecule has 3 atom stereocenters. The van der Waals surface area contributed by atoms with E-state index in [2.05, 4.69) is 19.8 Å². The Labute approximate surface area is 209 Å². The third kappa shape index (κ3) is 2.30. The van der Waals surface area contributed by atoms with Gasteiger partial charge in [0.05, 0.1) is 34.8 Å². The number of carbonyl (C=O) groups excluding carboxylic acids is 3. The second kappa shape index (κ2) is 6.76. The van der Waals surface area contributed by atoms with Crippen molar-refractivity contribution < 1.29 is 19.5 Å². The highest BCUT2D eigenvalue weighted by molar-refractivity contribution is 6.39. The molecule has 184 valence electrons. The zero-order valence-corrected chi connectivity index (χ0v) is 19.7. The van der Waals surface area contributed by atoms with Crippen molar-refractivity contribution in [1.82, 2.24) is 19.8 Å². The van der Waals surface area contributed by atoms with Crippen molar-refractivity contribution in [2.45, 2.75) is 30.5 Å². The number of nitrogens with two attached hydrogens (primary N) is 1. The third-order valence-corrected chi connectivity index (χ3v) is 8.64. The Morgan fingerprint density at radius 3 is 2.16 bits per heavy atom. The molecule has 1 saturated carbocycles. The van der Waals surface area contributed by atoms with E-state index in [1.807, 2.05) is 48.5 Å². The fraction of sp³-hybridized carbons (Fsp3) is 0.250. The van der Waals surface area contributed by atoms with Gasteiger partial charge in [-0.1, -0.05) is 36.4 Å². The van der Waals surface area contributed by atoms with E-state index >= 15 is 0 Å². The zero-order valence-electron chi connectivity index (χ0n) is 19.7. The summed E-state index contributed by atoms with van der Waals surface area (Å²) in [7, 11) is 0. The Morgan fingerprint density at radius 2 is 1.54 bits per heavy atom. The first-order valence-electron chi connectivity index (χ1n) is 12.5. The van der Waals surface area contributed by atoms with Gasteiger partial charge in [0.15, 0.2) is 0 Å². The number of benzene rings is 3. The van der Waals surface area contributed by atoms with E-state index in [4.69, 9.17) is 5.73 Å². The molecule has 5 N–H and O–H groups in total. The van der Waals surface area contributed by atoms with E-state index in [0.29, 0.717) is 24.0 Å². The lowest BCUT2D eigenvalue weighted by Crippen LogP contribution is -2.57. The summed E-state index contributed by atoms with van der Waals surface area (Å²) in [5, 5.41) is 17.9. The molecule has 9 nitrogen and oxygen atoms in total. The van der Waals surface area contributed by atoms with Gasteiger partial charge < -0.3 is 25.3 Å². The van der Waals surface area contributed by atoms with Crippen LogP contribution in [0.2, 0.25) is 0 Å². The molecule has 2 aromatic heterocycles. The highest BCUT2D eigenvalue weighted by atomic mass is 16.3. The van der Waals surface area contributed by atoms with E-state index < -0.39 is 17.5 Å². The summed E-state index contributed by atoms with van der Waals surface area (Å²) >= 11 is 0. The van der Waals surface area contributed by atoms with Gasteiger partial charge in [-0.05, 0) is 25.0 Å². The van der Waals surface area contributed by atoms with Gasteiger partial charge in [0.25, 0.3) is 11.8 Å². The van der Waals surface area contributed by atoms with Crippen molar-refractivity contribution in [3.8, 4) is 0 Å². The van der Waals surface area contributed by atoms with Crippen LogP contribution in [-0.2, 0) is 4.79 Å². The van der Waals surface area contributed by atoms with E-state index in [1.54, 1.807) is 0 Å². The number of carbonyl (C=O) groups is 3. The van der Waals surface area contributed by atoms with Crippen molar-refractivity contribution in [2.75, 3.05) is 13.2 Å². The topological polar surface area (TPSA) is 131 Å². The van der Waals surface area contributed by atoms with Crippen LogP contribution in [0.1, 0.15) is 45.6 Å². The van der Waals surface area contributed by atoms with Crippen LogP contribution in [0, 0.1) is 0 Å². The van der Waals surface area contributed by atoms with Crippen molar-refractivity contribution in [1.29, 1.82) is 0 Å². The minimum atomic E-state index is -1.24. The maximum Gasteiger partial charge on any atom is 0.259 e. The van der Waals surface area contributed by atoms with Crippen LogP contribution in [0.3, 0.4) is 0 Å². The maximum absolute atomic E-state index is 13.5. The van der Waals surface area contributed by atoms with E-state index in [0.717, 1.165) is 43.6 Å². The number of para-hydroxylation sites is 2. The molecule has 3 amide bonds. The van der Waals surface area contributed by atoms with Crippen LogP contribution in [0.4, 0.5) is 0 Å². The number of amides is 3. The van der Waals surface area contributed by atoms with Gasteiger partial charge in [-0.25, -0.2) is 0 Å². The smallest absolute Gasteiger partial charge is 0.259 e. The Hall–Kier alpha value is -4.21. The molecular weight excluding hydrogens is 470 g/mol. The predicted molar refractivity (Wildman–Crippen MR) is 139 cm³/mol. The fourth-order valence-electron chi connectivity index (χ4n) is 7.32. The second-order valence-electron chi connectivity index (χ2n) is 10.4. The molecule has 2 bridgehead atoms. The average Bonchev–Trinajstić information content (AvgIpc) is 3.57. The van der Waals surface area contributed by atoms with Crippen molar-refractivity contribution in [2.24, 2.45) is 5.73 Å². The van der Waals surface area contributed by atoms with Crippen LogP contribution >= 0.6 is 0 Å². The van der Waals surface area contributed by atoms with Crippen LogP contribution in [0.15, 0.2) is 48.5 Å². The largest absolute Gasteiger partial charge is 0.395 e. The maximum atomic E-state index is 13.5. The lowest BCUT2D eigenvalue weighted by atomic mass is 9.91. The SMILES string of the molecule is N[C@@]1(C(=O)NCCO)CC2CC1n1c3ccccc3c3c4c(c5c6ccccc6n2c5c31)C(=O)NC4=O. The van der Waals surface area contributed by atoms with Gasteiger partial charge in [-0.3, -0.25) is 19.7 Å². The van der Waals surface area contributed by atoms with Crippen molar-refractivity contribution in [3.63, 3.8) is 0 Å². The van der Waals surface area contributed by atoms with E-state index in [1.165, 1.54) is 0 Å². The number of hydrogen-bond donors (Lipinski definition) is 4. The standard InChI is InChI=1S/C28H23N5O4/c29-28(27(37)30-9-10-34)12-13-11-18(28)33-17-8-4-2-6-15(17)20-22-21(25(35)31-26(22)36)19-14-5-1-3-7-16(14)32(13)23(19)24(20)33/h1-8,13,18,34H,9-12,29H2,(H,30,37)(H,31,35,36)/t13?,18?,28-/m0/s1. The molecule has 0 radical (unpaired) electrons. The second-order valence-corrected chi connectivity index (χ2v) is 10.4. The first-order valence-corrected chi connectivity index (χ1v) is 12.5. The number of aromatic nitrogens is 2. The minimum Gasteiger partial charge on any atom is -0.395 e. The molecule has 3 aromatic carbocycles. The number of aliphatic hydroxyl groups excluding tert-OH is 1. The molecule has 0 spiro atoms. The van der Waals surface area contributed by atoms with Crippen LogP contribution in [0.25, 0.3) is 43.6 Å². The van der Waals surface area contributed by atoms with Gasteiger partial charge in [-0.2, -0.15) is 0 Å². The summed E-state index contributed by atoms with van der Waals surface area (Å²) in [4.78, 5) is 40.0. The Kier molecular flexibility index (Phi) is 3.82. The van der Waals surface area contributed by atoms with Crippen molar-refractivity contribution >= 4 is 61.3 Å². The summed E-state index contributed by atoms with van der Waals surface area (Å²) in [5.74, 6) is -1.09. The van der Waals surface area contributed by atoms with Gasteiger partial charge in [0.1, 0.15) is 5.54 Å². The van der Waals surface area contributed by atoms with Crippen molar-refractivity contribution in [3.05, 3.63) is 59.7 Å². The summed E-state index contributed by atoms with van der Waals surface area (Å²) in [6.45, 7) is -0.0480. The molecule has 8 rings (SSSR count). The molecule has 4 heterocycles. The molecule has 1 fully saturated rings. The molecule has 37 heavy (non-hydrogen) atoms. The summed E-state index contributed by atoms with van der Waals surface area (Å²) in [6.07, 6.45) is 1.02. The number of nitrogens with zero attached hydrogens (tertiary/aromatic N) is 2. The number of rotatable bonds is 3. The average molecular weight is 494 g/mol. The molecule has 9 heteroatoms. The van der Waals surface area contributed by atoms with Gasteiger partial charge >= 0.3 is 0 Å². The first kappa shape index (κ1) is 20.9. The van der Waals surface area contributed by atoms with Crippen LogP contribution in [0.5, 0.6) is 0 Å². The molecule has 1 aliphatic carbocycles. The predicted octanol–water partition coefficient (Wildman–Crippen LogP) is 2.48. The van der Waals surface area contributed by atoms with Gasteiger partial charge in [0.2, 0.25) is 5.91 Å². The number of imide groups is 1. The number of aliphatic hydroxyl groups is 1.